The number of hydrogen-bond acceptors (Lipinski definition) is 4. The van der Waals surface area contributed by atoms with Gasteiger partial charge in [0.25, 0.3) is 0 Å². The fraction of sp³-hybridized carbons (Fsp3) is 0.0667. The molecule has 0 unspecified atom stereocenters. The molecule has 3 aromatic rings. The van der Waals surface area contributed by atoms with Gasteiger partial charge in [0.15, 0.2) is 0 Å². The Labute approximate surface area is 120 Å². The van der Waals surface area contributed by atoms with Crippen LogP contribution in [0.2, 0.25) is 0 Å². The molecule has 0 aliphatic rings. The molecule has 2 heterocycles. The van der Waals surface area contributed by atoms with Gasteiger partial charge in [0.1, 0.15) is 0 Å². The number of benzene rings is 1. The number of para-hydroxylation sites is 1. The summed E-state index contributed by atoms with van der Waals surface area (Å²) in [5, 5.41) is 4.41. The van der Waals surface area contributed by atoms with Crippen LogP contribution in [0.3, 0.4) is 0 Å². The third-order valence-corrected chi connectivity index (χ3v) is 4.09. The molecule has 0 aliphatic heterocycles. The minimum atomic E-state index is 0.683. The molecule has 100 valence electrons. The standard InChI is InChI=1S/C15H14N4S/c1-11(12-7-5-6-10-16-12)17-18-15-19(2)13-8-3-4-9-14(13)20-15/h3-10,17H,1H2,2H3. The zero-order chi connectivity index (χ0) is 13.9. The van der Waals surface area contributed by atoms with E-state index in [0.717, 1.165) is 10.5 Å². The van der Waals surface area contributed by atoms with Crippen molar-refractivity contribution in [3.8, 4) is 0 Å². The molecule has 0 radical (unpaired) electrons. The van der Waals surface area contributed by atoms with Gasteiger partial charge in [-0.15, -0.1) is 5.10 Å². The fourth-order valence-corrected chi connectivity index (χ4v) is 2.88. The van der Waals surface area contributed by atoms with Gasteiger partial charge in [0, 0.05) is 13.2 Å². The highest BCUT2D eigenvalue weighted by Crippen LogP contribution is 2.15. The minimum absolute atomic E-state index is 0.683. The van der Waals surface area contributed by atoms with E-state index in [1.54, 1.807) is 17.5 Å². The number of thiazole rings is 1. The molecule has 1 N–H and O–H groups in total. The first-order valence-electron chi connectivity index (χ1n) is 6.20. The topological polar surface area (TPSA) is 42.2 Å². The summed E-state index contributed by atoms with van der Waals surface area (Å²) in [5.74, 6) is 0. The lowest BCUT2D eigenvalue weighted by Crippen LogP contribution is -2.16. The molecule has 4 nitrogen and oxygen atoms in total. The van der Waals surface area contributed by atoms with Gasteiger partial charge < -0.3 is 4.57 Å². The molecule has 0 fully saturated rings. The average molecular weight is 282 g/mol. The number of fused-ring (bicyclic) bond motifs is 1. The normalized spacial score (nSPS) is 11.8. The Hall–Kier alpha value is -2.40. The number of pyridine rings is 1. The third-order valence-electron chi connectivity index (χ3n) is 2.98. The third kappa shape index (κ3) is 2.35. The van der Waals surface area contributed by atoms with Crippen molar-refractivity contribution < 1.29 is 0 Å². The van der Waals surface area contributed by atoms with Crippen LogP contribution in [0.5, 0.6) is 0 Å². The van der Waals surface area contributed by atoms with Gasteiger partial charge in [-0.25, -0.2) is 0 Å². The highest BCUT2D eigenvalue weighted by Gasteiger charge is 2.02. The second-order valence-corrected chi connectivity index (χ2v) is 5.34. The summed E-state index contributed by atoms with van der Waals surface area (Å²) in [6, 6.07) is 13.9. The molecule has 0 spiro atoms. The van der Waals surface area contributed by atoms with Crippen molar-refractivity contribution in [1.29, 1.82) is 0 Å². The number of aromatic nitrogens is 2. The Morgan fingerprint density at radius 3 is 2.80 bits per heavy atom. The summed E-state index contributed by atoms with van der Waals surface area (Å²) in [6.07, 6.45) is 1.74. The molecule has 0 saturated carbocycles. The minimum Gasteiger partial charge on any atom is -0.318 e. The van der Waals surface area contributed by atoms with Crippen LogP contribution in [0, 0.1) is 0 Å². The second-order valence-electron chi connectivity index (χ2n) is 4.33. The fourth-order valence-electron chi connectivity index (χ4n) is 1.90. The highest BCUT2D eigenvalue weighted by atomic mass is 32.1. The van der Waals surface area contributed by atoms with E-state index < -0.39 is 0 Å². The van der Waals surface area contributed by atoms with Crippen molar-refractivity contribution >= 4 is 27.3 Å². The maximum absolute atomic E-state index is 4.41. The van der Waals surface area contributed by atoms with E-state index in [1.807, 2.05) is 37.4 Å². The van der Waals surface area contributed by atoms with E-state index in [1.165, 1.54) is 10.2 Å². The zero-order valence-electron chi connectivity index (χ0n) is 11.1. The van der Waals surface area contributed by atoms with Gasteiger partial charge in [0.05, 0.1) is 21.6 Å². The van der Waals surface area contributed by atoms with Crippen LogP contribution in [0.15, 0.2) is 60.3 Å². The Morgan fingerprint density at radius 1 is 1.25 bits per heavy atom. The van der Waals surface area contributed by atoms with E-state index in [-0.39, 0.29) is 0 Å². The van der Waals surface area contributed by atoms with Crippen molar-refractivity contribution in [1.82, 2.24) is 15.0 Å². The Morgan fingerprint density at radius 2 is 2.05 bits per heavy atom. The van der Waals surface area contributed by atoms with Crippen molar-refractivity contribution in [2.45, 2.75) is 0 Å². The van der Waals surface area contributed by atoms with Crippen LogP contribution in [0.25, 0.3) is 15.9 Å². The predicted molar refractivity (Wildman–Crippen MR) is 82.8 cm³/mol. The first-order chi connectivity index (χ1) is 9.75. The summed E-state index contributed by atoms with van der Waals surface area (Å²) >= 11 is 1.63. The number of aryl methyl sites for hydroxylation is 1. The summed E-state index contributed by atoms with van der Waals surface area (Å²) in [7, 11) is 2.00. The van der Waals surface area contributed by atoms with E-state index in [2.05, 4.69) is 38.8 Å². The monoisotopic (exact) mass is 282 g/mol. The Balaban J connectivity index is 1.92. The van der Waals surface area contributed by atoms with Crippen LogP contribution in [0.4, 0.5) is 0 Å². The van der Waals surface area contributed by atoms with Gasteiger partial charge in [-0.1, -0.05) is 36.1 Å². The van der Waals surface area contributed by atoms with E-state index in [9.17, 15) is 0 Å². The Bertz CT molecular complexity index is 815. The van der Waals surface area contributed by atoms with Crippen LogP contribution in [0.1, 0.15) is 5.69 Å². The highest BCUT2D eigenvalue weighted by molar-refractivity contribution is 7.16. The summed E-state index contributed by atoms with van der Waals surface area (Å²) in [5.41, 5.74) is 5.62. The maximum Gasteiger partial charge on any atom is 0.208 e. The molecule has 20 heavy (non-hydrogen) atoms. The van der Waals surface area contributed by atoms with Gasteiger partial charge in [-0.3, -0.25) is 10.4 Å². The zero-order valence-corrected chi connectivity index (χ0v) is 11.9. The van der Waals surface area contributed by atoms with Gasteiger partial charge in [-0.05, 0) is 24.3 Å². The molecule has 3 rings (SSSR count). The number of nitrogens with zero attached hydrogens (tertiary/aromatic N) is 3. The van der Waals surface area contributed by atoms with Gasteiger partial charge in [0.2, 0.25) is 4.80 Å². The van der Waals surface area contributed by atoms with E-state index >= 15 is 0 Å². The van der Waals surface area contributed by atoms with Gasteiger partial charge in [-0.2, -0.15) is 0 Å². The molecule has 0 saturated heterocycles. The maximum atomic E-state index is 4.41. The number of hydrogen-bond donors (Lipinski definition) is 1. The lowest BCUT2D eigenvalue weighted by Gasteiger charge is -2.02. The number of nitrogens with one attached hydrogen (secondary N) is 1. The summed E-state index contributed by atoms with van der Waals surface area (Å²) in [4.78, 5) is 5.12. The first-order valence-corrected chi connectivity index (χ1v) is 7.02. The van der Waals surface area contributed by atoms with Crippen LogP contribution < -0.4 is 10.2 Å². The first kappa shape index (κ1) is 12.6. The molecule has 0 bridgehead atoms. The van der Waals surface area contributed by atoms with Crippen molar-refractivity contribution in [2.75, 3.05) is 0 Å². The smallest absolute Gasteiger partial charge is 0.208 e. The Kier molecular flexibility index (Phi) is 3.35. The molecule has 2 aromatic heterocycles. The molecule has 0 amide bonds. The quantitative estimate of drug-likeness (QED) is 0.751. The molecule has 0 atom stereocenters. The van der Waals surface area contributed by atoms with Crippen LogP contribution >= 0.6 is 11.3 Å². The second kappa shape index (κ2) is 5.30. The lowest BCUT2D eigenvalue weighted by molar-refractivity contribution is 0.837. The van der Waals surface area contributed by atoms with Crippen molar-refractivity contribution in [2.24, 2.45) is 12.1 Å². The van der Waals surface area contributed by atoms with Crippen LogP contribution in [-0.4, -0.2) is 9.55 Å². The predicted octanol–water partition coefficient (Wildman–Crippen LogP) is 2.71. The van der Waals surface area contributed by atoms with Gasteiger partial charge >= 0.3 is 0 Å². The SMILES string of the molecule is C=C(NN=c1sc2ccccc2n1C)c1ccccn1. The molecule has 5 heteroatoms. The lowest BCUT2D eigenvalue weighted by atomic mass is 10.3. The van der Waals surface area contributed by atoms with Crippen LogP contribution in [-0.2, 0) is 7.05 Å². The van der Waals surface area contributed by atoms with Crippen molar-refractivity contribution in [3.63, 3.8) is 0 Å². The average Bonchev–Trinajstić information content (AvgIpc) is 2.83. The molecular weight excluding hydrogens is 268 g/mol. The molecule has 0 aliphatic carbocycles. The summed E-state index contributed by atoms with van der Waals surface area (Å²) < 4.78 is 3.26. The molecular formula is C15H14N4S. The summed E-state index contributed by atoms with van der Waals surface area (Å²) in [6.45, 7) is 3.95. The number of rotatable bonds is 3. The van der Waals surface area contributed by atoms with E-state index in [4.69, 9.17) is 0 Å². The largest absolute Gasteiger partial charge is 0.318 e. The van der Waals surface area contributed by atoms with E-state index in [0.29, 0.717) is 5.70 Å². The van der Waals surface area contributed by atoms with Crippen molar-refractivity contribution in [3.05, 3.63) is 65.7 Å². The molecule has 1 aromatic carbocycles.